The van der Waals surface area contributed by atoms with Gasteiger partial charge in [0.15, 0.2) is 0 Å². The molecule has 0 heterocycles. The molecule has 0 aliphatic rings. The Kier molecular flexibility index (Phi) is 8.20. The van der Waals surface area contributed by atoms with Gasteiger partial charge in [0.25, 0.3) is 0 Å². The van der Waals surface area contributed by atoms with E-state index in [-0.39, 0.29) is 5.91 Å². The first kappa shape index (κ1) is 19.9. The molecule has 0 bridgehead atoms. The summed E-state index contributed by atoms with van der Waals surface area (Å²) in [4.78, 5) is 11.1. The van der Waals surface area contributed by atoms with Crippen LogP contribution in [0.3, 0.4) is 0 Å². The number of benzene rings is 2. The standard InChI is InChI=1S/C11H15NO.C10H14O/c1-8-4-6-9(7-5-8)11(2,3)10(12)13;1-11-9-5-8-10-6-3-2-4-7-10/h4-7H,1-3H3,(H2,12,13);2-4,6-7H,5,8-9H2,1H3. The maximum absolute atomic E-state index is 11.1. The molecule has 1 amide bonds. The summed E-state index contributed by atoms with van der Waals surface area (Å²) >= 11 is 0. The molecule has 0 radical (unpaired) electrons. The molecule has 130 valence electrons. The lowest BCUT2D eigenvalue weighted by Crippen LogP contribution is -2.35. The Morgan fingerprint density at radius 2 is 1.62 bits per heavy atom. The first-order valence-electron chi connectivity index (χ1n) is 8.28. The molecule has 3 nitrogen and oxygen atoms in total. The number of carbonyl (C=O) groups is 1. The van der Waals surface area contributed by atoms with Crippen LogP contribution in [0.15, 0.2) is 54.6 Å². The fourth-order valence-electron chi connectivity index (χ4n) is 2.18. The smallest absolute Gasteiger partial charge is 0.227 e. The van der Waals surface area contributed by atoms with Gasteiger partial charge in [0.1, 0.15) is 0 Å². The Balaban J connectivity index is 0.000000243. The Morgan fingerprint density at radius 1 is 1.04 bits per heavy atom. The van der Waals surface area contributed by atoms with Crippen molar-refractivity contribution in [1.82, 2.24) is 0 Å². The molecule has 0 saturated heterocycles. The molecule has 2 N–H and O–H groups in total. The minimum atomic E-state index is -0.576. The van der Waals surface area contributed by atoms with Crippen LogP contribution >= 0.6 is 0 Å². The molecule has 0 saturated carbocycles. The van der Waals surface area contributed by atoms with Crippen molar-refractivity contribution in [3.05, 3.63) is 71.3 Å². The Bertz CT molecular complexity index is 603. The monoisotopic (exact) mass is 327 g/mol. The third-order valence-corrected chi connectivity index (χ3v) is 4.05. The highest BCUT2D eigenvalue weighted by Crippen LogP contribution is 2.22. The predicted octanol–water partition coefficient (Wildman–Crippen LogP) is 4.02. The van der Waals surface area contributed by atoms with E-state index in [1.807, 2.05) is 51.1 Å². The molecule has 2 aromatic carbocycles. The summed E-state index contributed by atoms with van der Waals surface area (Å²) in [6.07, 6.45) is 2.23. The minimum absolute atomic E-state index is 0.295. The molecular weight excluding hydrogens is 298 g/mol. The van der Waals surface area contributed by atoms with Crippen molar-refractivity contribution < 1.29 is 9.53 Å². The van der Waals surface area contributed by atoms with Gasteiger partial charge in [-0.15, -0.1) is 0 Å². The summed E-state index contributed by atoms with van der Waals surface area (Å²) in [5, 5.41) is 0. The van der Waals surface area contributed by atoms with Gasteiger partial charge in [0.05, 0.1) is 5.41 Å². The van der Waals surface area contributed by atoms with Crippen LogP contribution in [-0.4, -0.2) is 19.6 Å². The van der Waals surface area contributed by atoms with Crippen molar-refractivity contribution >= 4 is 5.91 Å². The van der Waals surface area contributed by atoms with Crippen molar-refractivity contribution in [3.63, 3.8) is 0 Å². The number of hydrogen-bond acceptors (Lipinski definition) is 2. The topological polar surface area (TPSA) is 52.3 Å². The lowest BCUT2D eigenvalue weighted by molar-refractivity contribution is -0.122. The van der Waals surface area contributed by atoms with Crippen LogP contribution in [0.2, 0.25) is 0 Å². The lowest BCUT2D eigenvalue weighted by atomic mass is 9.84. The number of rotatable bonds is 6. The van der Waals surface area contributed by atoms with Crippen LogP contribution in [0, 0.1) is 6.92 Å². The number of primary amides is 1. The van der Waals surface area contributed by atoms with Crippen LogP contribution in [0.25, 0.3) is 0 Å². The average molecular weight is 327 g/mol. The number of aryl methyl sites for hydroxylation is 2. The van der Waals surface area contributed by atoms with E-state index in [0.29, 0.717) is 0 Å². The van der Waals surface area contributed by atoms with E-state index in [9.17, 15) is 4.79 Å². The summed E-state index contributed by atoms with van der Waals surface area (Å²) in [7, 11) is 1.74. The molecule has 0 spiro atoms. The van der Waals surface area contributed by atoms with Crippen molar-refractivity contribution in [2.24, 2.45) is 5.73 Å². The molecule has 0 aliphatic heterocycles. The molecule has 0 atom stereocenters. The van der Waals surface area contributed by atoms with E-state index < -0.39 is 5.41 Å². The summed E-state index contributed by atoms with van der Waals surface area (Å²) in [6.45, 7) is 6.54. The van der Waals surface area contributed by atoms with Gasteiger partial charge in [-0.05, 0) is 44.7 Å². The van der Waals surface area contributed by atoms with Gasteiger partial charge >= 0.3 is 0 Å². The molecule has 2 aromatic rings. The fourth-order valence-corrected chi connectivity index (χ4v) is 2.18. The Hall–Kier alpha value is -2.13. The van der Waals surface area contributed by atoms with Gasteiger partial charge < -0.3 is 10.5 Å². The van der Waals surface area contributed by atoms with Gasteiger partial charge in [0.2, 0.25) is 5.91 Å². The van der Waals surface area contributed by atoms with Crippen LogP contribution in [0.1, 0.15) is 37.0 Å². The van der Waals surface area contributed by atoms with E-state index in [1.54, 1.807) is 7.11 Å². The van der Waals surface area contributed by atoms with Gasteiger partial charge in [-0.25, -0.2) is 0 Å². The maximum atomic E-state index is 11.1. The Labute approximate surface area is 145 Å². The molecule has 2 rings (SSSR count). The van der Waals surface area contributed by atoms with E-state index in [0.717, 1.165) is 25.0 Å². The second-order valence-corrected chi connectivity index (χ2v) is 6.44. The summed E-state index contributed by atoms with van der Waals surface area (Å²) < 4.78 is 4.96. The van der Waals surface area contributed by atoms with Gasteiger partial charge in [-0.3, -0.25) is 4.79 Å². The van der Waals surface area contributed by atoms with E-state index in [1.165, 1.54) is 11.1 Å². The van der Waals surface area contributed by atoms with Crippen LogP contribution in [0.5, 0.6) is 0 Å². The average Bonchev–Trinajstić information content (AvgIpc) is 2.57. The summed E-state index contributed by atoms with van der Waals surface area (Å²) in [5.41, 5.74) is 8.27. The van der Waals surface area contributed by atoms with Crippen molar-refractivity contribution in [2.75, 3.05) is 13.7 Å². The third kappa shape index (κ3) is 6.55. The highest BCUT2D eigenvalue weighted by molar-refractivity contribution is 5.85. The summed E-state index contributed by atoms with van der Waals surface area (Å²) in [6, 6.07) is 18.3. The number of hydrogen-bond donors (Lipinski definition) is 1. The van der Waals surface area contributed by atoms with Crippen LogP contribution < -0.4 is 5.73 Å². The number of carbonyl (C=O) groups excluding carboxylic acids is 1. The Morgan fingerprint density at radius 3 is 2.12 bits per heavy atom. The van der Waals surface area contributed by atoms with Crippen molar-refractivity contribution in [2.45, 2.75) is 39.0 Å². The number of methoxy groups -OCH3 is 1. The molecule has 0 aliphatic carbocycles. The summed E-state index contributed by atoms with van der Waals surface area (Å²) in [5.74, 6) is -0.295. The fraction of sp³-hybridized carbons (Fsp3) is 0.381. The zero-order valence-electron chi connectivity index (χ0n) is 15.2. The first-order valence-corrected chi connectivity index (χ1v) is 8.28. The zero-order chi connectivity index (χ0) is 18.0. The SMILES string of the molecule is COCCCc1ccccc1.Cc1ccc(C(C)(C)C(N)=O)cc1. The molecule has 24 heavy (non-hydrogen) atoms. The van der Waals surface area contributed by atoms with E-state index in [2.05, 4.69) is 24.3 Å². The number of amides is 1. The molecule has 0 fully saturated rings. The predicted molar refractivity (Wildman–Crippen MR) is 100 cm³/mol. The molecular formula is C21H29NO2. The first-order chi connectivity index (χ1) is 11.4. The van der Waals surface area contributed by atoms with Crippen molar-refractivity contribution in [3.8, 4) is 0 Å². The van der Waals surface area contributed by atoms with Gasteiger partial charge in [-0.2, -0.15) is 0 Å². The van der Waals surface area contributed by atoms with Gasteiger partial charge in [-0.1, -0.05) is 60.2 Å². The lowest BCUT2D eigenvalue weighted by Gasteiger charge is -2.20. The highest BCUT2D eigenvalue weighted by atomic mass is 16.5. The van der Waals surface area contributed by atoms with E-state index in [4.69, 9.17) is 10.5 Å². The number of nitrogens with two attached hydrogens (primary N) is 1. The maximum Gasteiger partial charge on any atom is 0.227 e. The highest BCUT2D eigenvalue weighted by Gasteiger charge is 2.26. The van der Waals surface area contributed by atoms with Crippen molar-refractivity contribution in [1.29, 1.82) is 0 Å². The minimum Gasteiger partial charge on any atom is -0.385 e. The molecule has 3 heteroatoms. The quantitative estimate of drug-likeness (QED) is 0.815. The van der Waals surface area contributed by atoms with Crippen LogP contribution in [-0.2, 0) is 21.4 Å². The van der Waals surface area contributed by atoms with E-state index >= 15 is 0 Å². The van der Waals surface area contributed by atoms with Gasteiger partial charge in [0, 0.05) is 13.7 Å². The number of ether oxygens (including phenoxy) is 1. The largest absolute Gasteiger partial charge is 0.385 e. The molecule has 0 unspecified atom stereocenters. The second kappa shape index (κ2) is 9.89. The second-order valence-electron chi connectivity index (χ2n) is 6.44. The van der Waals surface area contributed by atoms with Crippen LogP contribution in [0.4, 0.5) is 0 Å². The third-order valence-electron chi connectivity index (χ3n) is 4.05. The zero-order valence-corrected chi connectivity index (χ0v) is 15.2. The molecule has 0 aromatic heterocycles. The normalized spacial score (nSPS) is 10.7.